The number of methoxy groups -OCH3 is 3. The van der Waals surface area contributed by atoms with E-state index in [1.807, 2.05) is 0 Å². The van der Waals surface area contributed by atoms with E-state index >= 15 is 0 Å². The molecule has 1 aliphatic rings. The molecule has 0 bridgehead atoms. The third-order valence-corrected chi connectivity index (χ3v) is 4.18. The van der Waals surface area contributed by atoms with E-state index in [0.29, 0.717) is 23.8 Å². The maximum Gasteiger partial charge on any atom is 0.315 e. The summed E-state index contributed by atoms with van der Waals surface area (Å²) in [4.78, 5) is 12.1. The quantitative estimate of drug-likeness (QED) is 0.845. The highest BCUT2D eigenvalue weighted by Crippen LogP contribution is 2.33. The summed E-state index contributed by atoms with van der Waals surface area (Å²) in [5.74, 6) is 1.90. The van der Waals surface area contributed by atoms with E-state index in [1.54, 1.807) is 33.5 Å². The van der Waals surface area contributed by atoms with E-state index in [0.717, 1.165) is 18.4 Å². The van der Waals surface area contributed by atoms with Gasteiger partial charge in [0, 0.05) is 18.2 Å². The number of ether oxygens (including phenoxy) is 3. The van der Waals surface area contributed by atoms with Gasteiger partial charge in [-0.25, -0.2) is 4.79 Å². The number of carbonyl (C=O) groups excluding carboxylic acids is 1. The smallest absolute Gasteiger partial charge is 0.315 e. The van der Waals surface area contributed by atoms with Crippen molar-refractivity contribution in [2.45, 2.75) is 44.7 Å². The van der Waals surface area contributed by atoms with Crippen LogP contribution in [0.15, 0.2) is 12.1 Å². The van der Waals surface area contributed by atoms with Gasteiger partial charge in [-0.1, -0.05) is 19.3 Å². The molecule has 128 valence electrons. The van der Waals surface area contributed by atoms with Gasteiger partial charge in [0.1, 0.15) is 17.2 Å². The number of rotatable bonds is 6. The van der Waals surface area contributed by atoms with Crippen molar-refractivity contribution in [3.8, 4) is 17.2 Å². The molecule has 2 amide bonds. The van der Waals surface area contributed by atoms with Gasteiger partial charge in [0.15, 0.2) is 0 Å². The van der Waals surface area contributed by atoms with Gasteiger partial charge in [-0.05, 0) is 12.8 Å². The minimum absolute atomic E-state index is 0.156. The summed E-state index contributed by atoms with van der Waals surface area (Å²) in [5, 5.41) is 5.91. The third-order valence-electron chi connectivity index (χ3n) is 4.18. The molecule has 6 heteroatoms. The van der Waals surface area contributed by atoms with Crippen molar-refractivity contribution in [3.63, 3.8) is 0 Å². The van der Waals surface area contributed by atoms with E-state index in [9.17, 15) is 4.79 Å². The van der Waals surface area contributed by atoms with Gasteiger partial charge in [-0.15, -0.1) is 0 Å². The lowest BCUT2D eigenvalue weighted by Gasteiger charge is -2.23. The number of hydrogen-bond donors (Lipinski definition) is 2. The average Bonchev–Trinajstić information content (AvgIpc) is 2.59. The summed E-state index contributed by atoms with van der Waals surface area (Å²) in [5.41, 5.74) is 0.787. The van der Waals surface area contributed by atoms with Crippen LogP contribution >= 0.6 is 0 Å². The minimum atomic E-state index is -0.156. The Bertz CT molecular complexity index is 502. The van der Waals surface area contributed by atoms with Crippen LogP contribution in [0.1, 0.15) is 37.7 Å². The second kappa shape index (κ2) is 8.50. The number of hydrogen-bond acceptors (Lipinski definition) is 4. The van der Waals surface area contributed by atoms with Crippen LogP contribution in [0.25, 0.3) is 0 Å². The standard InChI is InChI=1S/C17H26N2O4/c1-21-13-9-15(22-2)14(16(10-13)23-3)11-18-17(20)19-12-7-5-4-6-8-12/h9-10,12H,4-8,11H2,1-3H3,(H2,18,19,20). The normalized spacial score (nSPS) is 14.9. The van der Waals surface area contributed by atoms with Crippen LogP contribution in [0.5, 0.6) is 17.2 Å². The van der Waals surface area contributed by atoms with Crippen LogP contribution in [-0.4, -0.2) is 33.4 Å². The third kappa shape index (κ3) is 4.68. The predicted molar refractivity (Wildman–Crippen MR) is 88.3 cm³/mol. The fourth-order valence-corrected chi connectivity index (χ4v) is 2.90. The van der Waals surface area contributed by atoms with Crippen molar-refractivity contribution in [2.75, 3.05) is 21.3 Å². The maximum absolute atomic E-state index is 12.1. The first-order valence-electron chi connectivity index (χ1n) is 8.01. The number of nitrogens with one attached hydrogen (secondary N) is 2. The molecule has 0 atom stereocenters. The molecular weight excluding hydrogens is 296 g/mol. The molecule has 0 radical (unpaired) electrons. The predicted octanol–water partition coefficient (Wildman–Crippen LogP) is 2.84. The van der Waals surface area contributed by atoms with Gasteiger partial charge in [0.05, 0.1) is 33.4 Å². The molecule has 0 aromatic heterocycles. The molecule has 2 N–H and O–H groups in total. The Morgan fingerprint density at radius 1 is 1.04 bits per heavy atom. The molecule has 1 saturated carbocycles. The topological polar surface area (TPSA) is 68.8 Å². The number of amides is 2. The van der Waals surface area contributed by atoms with Gasteiger partial charge in [-0.2, -0.15) is 0 Å². The summed E-state index contributed by atoms with van der Waals surface area (Å²) in [7, 11) is 4.75. The zero-order chi connectivity index (χ0) is 16.7. The largest absolute Gasteiger partial charge is 0.496 e. The monoisotopic (exact) mass is 322 g/mol. The van der Waals surface area contributed by atoms with E-state index in [2.05, 4.69) is 10.6 Å². The minimum Gasteiger partial charge on any atom is -0.496 e. The molecule has 1 aromatic rings. The van der Waals surface area contributed by atoms with Gasteiger partial charge in [0.2, 0.25) is 0 Å². The highest BCUT2D eigenvalue weighted by Gasteiger charge is 2.17. The van der Waals surface area contributed by atoms with Crippen molar-refractivity contribution in [1.82, 2.24) is 10.6 Å². The Hall–Kier alpha value is -2.11. The van der Waals surface area contributed by atoms with Crippen molar-refractivity contribution in [2.24, 2.45) is 0 Å². The van der Waals surface area contributed by atoms with Crippen molar-refractivity contribution in [3.05, 3.63) is 17.7 Å². The van der Waals surface area contributed by atoms with Crippen LogP contribution in [0.2, 0.25) is 0 Å². The first-order chi connectivity index (χ1) is 11.2. The van der Waals surface area contributed by atoms with Crippen LogP contribution < -0.4 is 24.8 Å². The molecule has 1 aliphatic carbocycles. The zero-order valence-electron chi connectivity index (χ0n) is 14.1. The van der Waals surface area contributed by atoms with Crippen LogP contribution in [0.4, 0.5) is 4.79 Å². The number of carbonyl (C=O) groups is 1. The molecule has 23 heavy (non-hydrogen) atoms. The lowest BCUT2D eigenvalue weighted by atomic mass is 9.96. The van der Waals surface area contributed by atoms with Gasteiger partial charge >= 0.3 is 6.03 Å². The maximum atomic E-state index is 12.1. The van der Waals surface area contributed by atoms with Crippen LogP contribution in [0, 0.1) is 0 Å². The van der Waals surface area contributed by atoms with Gasteiger partial charge < -0.3 is 24.8 Å². The van der Waals surface area contributed by atoms with Gasteiger partial charge in [0.25, 0.3) is 0 Å². The van der Waals surface area contributed by atoms with Crippen molar-refractivity contribution >= 4 is 6.03 Å². The summed E-state index contributed by atoms with van der Waals surface area (Å²) < 4.78 is 16.0. The lowest BCUT2D eigenvalue weighted by molar-refractivity contribution is 0.232. The molecule has 1 fully saturated rings. The summed E-state index contributed by atoms with van der Waals surface area (Å²) >= 11 is 0. The molecule has 0 unspecified atom stereocenters. The first-order valence-corrected chi connectivity index (χ1v) is 8.01. The molecule has 0 saturated heterocycles. The van der Waals surface area contributed by atoms with E-state index < -0.39 is 0 Å². The van der Waals surface area contributed by atoms with Gasteiger partial charge in [-0.3, -0.25) is 0 Å². The highest BCUT2D eigenvalue weighted by molar-refractivity contribution is 5.74. The second-order valence-electron chi connectivity index (χ2n) is 5.67. The Kier molecular flexibility index (Phi) is 6.38. The molecule has 2 rings (SSSR count). The highest BCUT2D eigenvalue weighted by atomic mass is 16.5. The molecular formula is C17H26N2O4. The Morgan fingerprint density at radius 2 is 1.65 bits per heavy atom. The molecule has 0 spiro atoms. The molecule has 6 nitrogen and oxygen atoms in total. The molecule has 0 heterocycles. The van der Waals surface area contributed by atoms with E-state index in [1.165, 1.54) is 19.3 Å². The van der Waals surface area contributed by atoms with Crippen LogP contribution in [0.3, 0.4) is 0 Å². The fourth-order valence-electron chi connectivity index (χ4n) is 2.90. The zero-order valence-corrected chi connectivity index (χ0v) is 14.1. The number of urea groups is 1. The van der Waals surface area contributed by atoms with Crippen LogP contribution in [-0.2, 0) is 6.54 Å². The summed E-state index contributed by atoms with van der Waals surface area (Å²) in [6.07, 6.45) is 5.75. The lowest BCUT2D eigenvalue weighted by Crippen LogP contribution is -2.42. The van der Waals surface area contributed by atoms with Crippen molar-refractivity contribution < 1.29 is 19.0 Å². The Labute approximate surface area is 137 Å². The first kappa shape index (κ1) is 17.2. The molecule has 0 aliphatic heterocycles. The summed E-state index contributed by atoms with van der Waals surface area (Å²) in [6.45, 7) is 0.328. The number of benzene rings is 1. The Balaban J connectivity index is 1.99. The van der Waals surface area contributed by atoms with Crippen molar-refractivity contribution in [1.29, 1.82) is 0 Å². The summed E-state index contributed by atoms with van der Waals surface area (Å²) in [6, 6.07) is 3.68. The van der Waals surface area contributed by atoms with E-state index in [-0.39, 0.29) is 12.1 Å². The Morgan fingerprint density at radius 3 is 2.17 bits per heavy atom. The average molecular weight is 322 g/mol. The van der Waals surface area contributed by atoms with E-state index in [4.69, 9.17) is 14.2 Å². The SMILES string of the molecule is COc1cc(OC)c(CNC(=O)NC2CCCCC2)c(OC)c1. The fraction of sp³-hybridized carbons (Fsp3) is 0.588. The second-order valence-corrected chi connectivity index (χ2v) is 5.67. The molecule has 1 aromatic carbocycles.